The summed E-state index contributed by atoms with van der Waals surface area (Å²) in [5, 5.41) is 0. The Morgan fingerprint density at radius 3 is 2.50 bits per heavy atom. The Kier molecular flexibility index (Phi) is 4.22. The summed E-state index contributed by atoms with van der Waals surface area (Å²) in [6, 6.07) is -1.00. The Balaban J connectivity index is 2.51. The summed E-state index contributed by atoms with van der Waals surface area (Å²) in [7, 11) is 0. The normalized spacial score (nSPS) is 15.6. The van der Waals surface area contributed by atoms with Gasteiger partial charge < -0.3 is 5.73 Å². The molecule has 0 saturated heterocycles. The first-order chi connectivity index (χ1) is 7.57. The highest BCUT2D eigenvalue weighted by molar-refractivity contribution is 6.24. The average molecular weight is 224 g/mol. The van der Waals surface area contributed by atoms with Crippen molar-refractivity contribution in [3.8, 4) is 0 Å². The molecule has 16 heavy (non-hydrogen) atoms. The Morgan fingerprint density at radius 1 is 1.31 bits per heavy atom. The minimum Gasteiger partial charge on any atom is -0.351 e. The van der Waals surface area contributed by atoms with Crippen LogP contribution in [-0.4, -0.2) is 22.7 Å². The van der Waals surface area contributed by atoms with E-state index in [0.29, 0.717) is 16.9 Å². The fourth-order valence-electron chi connectivity index (χ4n) is 1.65. The molecule has 0 aliphatic carbocycles. The summed E-state index contributed by atoms with van der Waals surface area (Å²) < 4.78 is 0. The lowest BCUT2D eigenvalue weighted by atomic mass is 10.1. The summed E-state index contributed by atoms with van der Waals surface area (Å²) in [6.07, 6.45) is 5.83. The molecule has 0 radical (unpaired) electrons. The lowest BCUT2D eigenvalue weighted by Crippen LogP contribution is -2.40. The van der Waals surface area contributed by atoms with Gasteiger partial charge in [-0.2, -0.15) is 4.90 Å². The maximum absolute atomic E-state index is 11.6. The number of primary amides is 1. The topological polar surface area (TPSA) is 80.5 Å². The van der Waals surface area contributed by atoms with Gasteiger partial charge in [0.05, 0.1) is 0 Å². The zero-order chi connectivity index (χ0) is 12.1. The van der Waals surface area contributed by atoms with E-state index in [2.05, 4.69) is 6.92 Å². The van der Waals surface area contributed by atoms with E-state index in [-0.39, 0.29) is 0 Å². The van der Waals surface area contributed by atoms with E-state index in [4.69, 9.17) is 5.73 Å². The van der Waals surface area contributed by atoms with E-state index in [0.717, 1.165) is 25.7 Å². The molecule has 5 nitrogen and oxygen atoms in total. The molecule has 0 spiro atoms. The Morgan fingerprint density at radius 2 is 2.00 bits per heavy atom. The number of rotatable bonds is 5. The standard InChI is InChI=1S/C11H16N2O3/c1-2-3-4-5-6-8-7-9(14)13(10(8)15)11(12)16/h7H,2-6H2,1H3,(H2,12,16). The number of carbonyl (C=O) groups is 3. The molecule has 4 amide bonds. The van der Waals surface area contributed by atoms with Crippen LogP contribution < -0.4 is 5.73 Å². The molecule has 0 saturated carbocycles. The molecule has 0 aromatic rings. The largest absolute Gasteiger partial charge is 0.351 e. The summed E-state index contributed by atoms with van der Waals surface area (Å²) >= 11 is 0. The first-order valence-electron chi connectivity index (χ1n) is 5.46. The molecule has 2 N–H and O–H groups in total. The van der Waals surface area contributed by atoms with E-state index in [1.54, 1.807) is 0 Å². The molecule has 1 heterocycles. The van der Waals surface area contributed by atoms with E-state index in [1.807, 2.05) is 0 Å². The molecule has 0 unspecified atom stereocenters. The van der Waals surface area contributed by atoms with Crippen molar-refractivity contribution < 1.29 is 14.4 Å². The second-order valence-corrected chi connectivity index (χ2v) is 3.80. The maximum Gasteiger partial charge on any atom is 0.328 e. The van der Waals surface area contributed by atoms with Gasteiger partial charge in [-0.15, -0.1) is 0 Å². The molecular formula is C11H16N2O3. The van der Waals surface area contributed by atoms with Crippen molar-refractivity contribution in [3.63, 3.8) is 0 Å². The van der Waals surface area contributed by atoms with Gasteiger partial charge in [0.25, 0.3) is 11.8 Å². The number of imide groups is 3. The number of nitrogens with two attached hydrogens (primary N) is 1. The third-order valence-electron chi connectivity index (χ3n) is 2.52. The van der Waals surface area contributed by atoms with Gasteiger partial charge in [0.2, 0.25) is 0 Å². The Labute approximate surface area is 94.3 Å². The van der Waals surface area contributed by atoms with Crippen LogP contribution >= 0.6 is 0 Å². The third-order valence-corrected chi connectivity index (χ3v) is 2.52. The van der Waals surface area contributed by atoms with Gasteiger partial charge >= 0.3 is 6.03 Å². The van der Waals surface area contributed by atoms with Gasteiger partial charge in [0.1, 0.15) is 0 Å². The smallest absolute Gasteiger partial charge is 0.328 e. The van der Waals surface area contributed by atoms with Crippen molar-refractivity contribution >= 4 is 17.8 Å². The number of unbranched alkanes of at least 4 members (excludes halogenated alkanes) is 3. The monoisotopic (exact) mass is 224 g/mol. The predicted octanol–water partition coefficient (Wildman–Crippen LogP) is 1.33. The molecule has 0 bridgehead atoms. The Bertz CT molecular complexity index is 347. The maximum atomic E-state index is 11.6. The van der Waals surface area contributed by atoms with E-state index < -0.39 is 17.8 Å². The second kappa shape index (κ2) is 5.44. The van der Waals surface area contributed by atoms with E-state index >= 15 is 0 Å². The lowest BCUT2D eigenvalue weighted by Gasteiger charge is -2.08. The minimum atomic E-state index is -1.00. The van der Waals surface area contributed by atoms with Gasteiger partial charge in [-0.25, -0.2) is 4.79 Å². The average Bonchev–Trinajstić information content (AvgIpc) is 2.49. The summed E-state index contributed by atoms with van der Waals surface area (Å²) in [5.41, 5.74) is 5.32. The van der Waals surface area contributed by atoms with E-state index in [9.17, 15) is 14.4 Å². The Hall–Kier alpha value is -1.65. The van der Waals surface area contributed by atoms with Crippen molar-refractivity contribution in [2.45, 2.75) is 39.0 Å². The van der Waals surface area contributed by atoms with Gasteiger partial charge in [-0.1, -0.05) is 26.2 Å². The van der Waals surface area contributed by atoms with Crippen molar-refractivity contribution in [1.29, 1.82) is 0 Å². The van der Waals surface area contributed by atoms with Crippen LogP contribution in [-0.2, 0) is 9.59 Å². The molecule has 0 atom stereocenters. The number of carbonyl (C=O) groups excluding carboxylic acids is 3. The molecule has 0 fully saturated rings. The molecule has 1 aliphatic rings. The molecule has 1 rings (SSSR count). The van der Waals surface area contributed by atoms with Crippen LogP contribution in [0.1, 0.15) is 39.0 Å². The van der Waals surface area contributed by atoms with Crippen LogP contribution in [0.4, 0.5) is 4.79 Å². The van der Waals surface area contributed by atoms with Crippen molar-refractivity contribution in [2.24, 2.45) is 5.73 Å². The van der Waals surface area contributed by atoms with Gasteiger partial charge in [-0.05, 0) is 12.8 Å². The molecule has 0 aromatic carbocycles. The minimum absolute atomic E-state index is 0.389. The second-order valence-electron chi connectivity index (χ2n) is 3.80. The van der Waals surface area contributed by atoms with Crippen LogP contribution in [0.2, 0.25) is 0 Å². The first kappa shape index (κ1) is 12.4. The zero-order valence-corrected chi connectivity index (χ0v) is 9.36. The predicted molar refractivity (Wildman–Crippen MR) is 58.3 cm³/mol. The van der Waals surface area contributed by atoms with Gasteiger partial charge in [0, 0.05) is 11.6 Å². The summed E-state index contributed by atoms with van der Waals surface area (Å²) in [6.45, 7) is 2.10. The number of hydrogen-bond donors (Lipinski definition) is 1. The third kappa shape index (κ3) is 2.68. The number of amides is 4. The number of nitrogens with zero attached hydrogens (tertiary/aromatic N) is 1. The van der Waals surface area contributed by atoms with Crippen LogP contribution in [0.25, 0.3) is 0 Å². The van der Waals surface area contributed by atoms with Gasteiger partial charge in [-0.3, -0.25) is 9.59 Å². The highest BCUT2D eigenvalue weighted by Gasteiger charge is 2.33. The van der Waals surface area contributed by atoms with Crippen LogP contribution in [0.5, 0.6) is 0 Å². The lowest BCUT2D eigenvalue weighted by molar-refractivity contribution is -0.133. The molecule has 88 valence electrons. The summed E-state index contributed by atoms with van der Waals surface area (Å²) in [4.78, 5) is 34.1. The van der Waals surface area contributed by atoms with Crippen LogP contribution in [0, 0.1) is 0 Å². The fraction of sp³-hybridized carbons (Fsp3) is 0.545. The number of urea groups is 1. The van der Waals surface area contributed by atoms with Crippen molar-refractivity contribution in [1.82, 2.24) is 4.90 Å². The van der Waals surface area contributed by atoms with Gasteiger partial charge in [0.15, 0.2) is 0 Å². The van der Waals surface area contributed by atoms with Crippen molar-refractivity contribution in [3.05, 3.63) is 11.6 Å². The molecule has 1 aliphatic heterocycles. The number of hydrogen-bond acceptors (Lipinski definition) is 3. The zero-order valence-electron chi connectivity index (χ0n) is 9.36. The summed E-state index contributed by atoms with van der Waals surface area (Å²) in [5.74, 6) is -1.18. The molecule has 5 heteroatoms. The SMILES string of the molecule is CCCCCCC1=CC(=O)N(C(N)=O)C1=O. The molecular weight excluding hydrogens is 208 g/mol. The first-order valence-corrected chi connectivity index (χ1v) is 5.46. The van der Waals surface area contributed by atoms with Crippen LogP contribution in [0.3, 0.4) is 0 Å². The fourth-order valence-corrected chi connectivity index (χ4v) is 1.65. The highest BCUT2D eigenvalue weighted by atomic mass is 16.2. The van der Waals surface area contributed by atoms with Crippen molar-refractivity contribution in [2.75, 3.05) is 0 Å². The quantitative estimate of drug-likeness (QED) is 0.565. The molecule has 0 aromatic heterocycles. The highest BCUT2D eigenvalue weighted by Crippen LogP contribution is 2.18. The van der Waals surface area contributed by atoms with Crippen LogP contribution in [0.15, 0.2) is 11.6 Å². The van der Waals surface area contributed by atoms with E-state index in [1.165, 1.54) is 6.08 Å².